The van der Waals surface area contributed by atoms with Crippen LogP contribution < -0.4 is 4.74 Å². The fourth-order valence-corrected chi connectivity index (χ4v) is 1.89. The number of rotatable bonds is 4. The second-order valence-corrected chi connectivity index (χ2v) is 4.35. The summed E-state index contributed by atoms with van der Waals surface area (Å²) >= 11 is 0. The van der Waals surface area contributed by atoms with Crippen molar-refractivity contribution in [2.24, 2.45) is 0 Å². The van der Waals surface area contributed by atoms with Crippen LogP contribution in [0, 0.1) is 5.82 Å². The predicted octanol–water partition coefficient (Wildman–Crippen LogP) is 3.92. The molecule has 0 bridgehead atoms. The summed E-state index contributed by atoms with van der Waals surface area (Å²) in [6, 6.07) is 8.52. The van der Waals surface area contributed by atoms with E-state index < -0.39 is 24.2 Å². The Morgan fingerprint density at radius 2 is 1.71 bits per heavy atom. The van der Waals surface area contributed by atoms with Gasteiger partial charge in [-0.2, -0.15) is 13.2 Å². The summed E-state index contributed by atoms with van der Waals surface area (Å²) in [7, 11) is 0. The first-order valence-corrected chi connectivity index (χ1v) is 6.09. The van der Waals surface area contributed by atoms with Crippen LogP contribution in [-0.4, -0.2) is 5.11 Å². The maximum Gasteiger partial charge on any atom is 0.416 e. The summed E-state index contributed by atoms with van der Waals surface area (Å²) in [6.45, 7) is -0.789. The number of hydrogen-bond acceptors (Lipinski definition) is 2. The van der Waals surface area contributed by atoms with Gasteiger partial charge in [-0.25, -0.2) is 4.39 Å². The fourth-order valence-electron chi connectivity index (χ4n) is 1.89. The van der Waals surface area contributed by atoms with E-state index in [0.717, 1.165) is 18.2 Å². The maximum absolute atomic E-state index is 13.0. The van der Waals surface area contributed by atoms with Crippen molar-refractivity contribution in [3.05, 3.63) is 65.0 Å². The van der Waals surface area contributed by atoms with E-state index in [0.29, 0.717) is 0 Å². The van der Waals surface area contributed by atoms with Gasteiger partial charge < -0.3 is 9.84 Å². The molecule has 0 spiro atoms. The van der Waals surface area contributed by atoms with Gasteiger partial charge >= 0.3 is 6.18 Å². The molecule has 0 saturated carbocycles. The Labute approximate surface area is 118 Å². The SMILES string of the molecule is OCc1cc(F)ccc1OCc1ccccc1C(F)(F)F. The minimum Gasteiger partial charge on any atom is -0.489 e. The molecule has 0 unspecified atom stereocenters. The highest BCUT2D eigenvalue weighted by atomic mass is 19.4. The van der Waals surface area contributed by atoms with E-state index in [2.05, 4.69) is 0 Å². The summed E-state index contributed by atoms with van der Waals surface area (Å²) in [4.78, 5) is 0. The van der Waals surface area contributed by atoms with Crippen LogP contribution in [-0.2, 0) is 19.4 Å². The van der Waals surface area contributed by atoms with E-state index in [9.17, 15) is 17.6 Å². The first-order chi connectivity index (χ1) is 9.91. The van der Waals surface area contributed by atoms with E-state index in [1.165, 1.54) is 24.3 Å². The third-order valence-corrected chi connectivity index (χ3v) is 2.90. The molecule has 2 aromatic rings. The van der Waals surface area contributed by atoms with Crippen LogP contribution in [0.5, 0.6) is 5.75 Å². The van der Waals surface area contributed by atoms with Gasteiger partial charge in [-0.3, -0.25) is 0 Å². The van der Waals surface area contributed by atoms with Crippen molar-refractivity contribution in [1.82, 2.24) is 0 Å². The number of benzene rings is 2. The van der Waals surface area contributed by atoms with Crippen molar-refractivity contribution in [2.45, 2.75) is 19.4 Å². The van der Waals surface area contributed by atoms with Gasteiger partial charge in [-0.05, 0) is 24.3 Å². The summed E-state index contributed by atoms with van der Waals surface area (Å²) in [5, 5.41) is 9.10. The van der Waals surface area contributed by atoms with Crippen LogP contribution in [0.3, 0.4) is 0 Å². The Kier molecular flexibility index (Phi) is 4.47. The summed E-state index contributed by atoms with van der Waals surface area (Å²) < 4.78 is 56.8. The minimum absolute atomic E-state index is 0.0294. The molecule has 112 valence electrons. The Balaban J connectivity index is 2.21. The lowest BCUT2D eigenvalue weighted by atomic mass is 10.1. The highest BCUT2D eigenvalue weighted by Crippen LogP contribution is 2.32. The molecule has 0 fully saturated rings. The van der Waals surface area contributed by atoms with Crippen molar-refractivity contribution >= 4 is 0 Å². The lowest BCUT2D eigenvalue weighted by Crippen LogP contribution is -2.11. The zero-order valence-electron chi connectivity index (χ0n) is 10.8. The van der Waals surface area contributed by atoms with E-state index in [4.69, 9.17) is 9.84 Å². The van der Waals surface area contributed by atoms with Crippen molar-refractivity contribution in [2.75, 3.05) is 0 Å². The molecule has 2 rings (SSSR count). The first-order valence-electron chi connectivity index (χ1n) is 6.09. The third kappa shape index (κ3) is 3.72. The number of hydrogen-bond donors (Lipinski definition) is 1. The molecule has 21 heavy (non-hydrogen) atoms. The molecular formula is C15H12F4O2. The molecule has 0 saturated heterocycles. The van der Waals surface area contributed by atoms with Gasteiger partial charge in [0, 0.05) is 11.1 Å². The van der Waals surface area contributed by atoms with Crippen LogP contribution in [0.1, 0.15) is 16.7 Å². The zero-order valence-corrected chi connectivity index (χ0v) is 10.8. The molecule has 0 radical (unpaired) electrons. The fraction of sp³-hybridized carbons (Fsp3) is 0.200. The smallest absolute Gasteiger partial charge is 0.416 e. The number of halogens is 4. The molecule has 0 aromatic heterocycles. The number of alkyl halides is 3. The average Bonchev–Trinajstić information content (AvgIpc) is 2.45. The predicted molar refractivity (Wildman–Crippen MR) is 68.1 cm³/mol. The number of ether oxygens (including phenoxy) is 1. The Hall–Kier alpha value is -2.08. The summed E-state index contributed by atoms with van der Waals surface area (Å²) in [5.74, 6) is -0.405. The Bertz CT molecular complexity index is 623. The maximum atomic E-state index is 13.0. The van der Waals surface area contributed by atoms with Gasteiger partial charge in [0.2, 0.25) is 0 Å². The lowest BCUT2D eigenvalue weighted by molar-refractivity contribution is -0.138. The van der Waals surface area contributed by atoms with Crippen LogP contribution in [0.25, 0.3) is 0 Å². The second-order valence-electron chi connectivity index (χ2n) is 4.35. The molecule has 0 atom stereocenters. The number of aliphatic hydroxyl groups is 1. The third-order valence-electron chi connectivity index (χ3n) is 2.90. The molecule has 0 aliphatic carbocycles. The molecule has 0 aliphatic rings. The van der Waals surface area contributed by atoms with Gasteiger partial charge in [0.15, 0.2) is 0 Å². The molecule has 0 heterocycles. The van der Waals surface area contributed by atoms with Crippen LogP contribution in [0.2, 0.25) is 0 Å². The normalized spacial score (nSPS) is 11.5. The second kappa shape index (κ2) is 6.13. The minimum atomic E-state index is -4.47. The quantitative estimate of drug-likeness (QED) is 0.867. The van der Waals surface area contributed by atoms with Crippen molar-refractivity contribution in [1.29, 1.82) is 0 Å². The van der Waals surface area contributed by atoms with Crippen molar-refractivity contribution in [3.63, 3.8) is 0 Å². The van der Waals surface area contributed by atoms with Crippen molar-refractivity contribution in [3.8, 4) is 5.75 Å². The lowest BCUT2D eigenvalue weighted by Gasteiger charge is -2.14. The van der Waals surface area contributed by atoms with Gasteiger partial charge in [0.1, 0.15) is 18.2 Å². The van der Waals surface area contributed by atoms with E-state index in [1.54, 1.807) is 0 Å². The van der Waals surface area contributed by atoms with E-state index >= 15 is 0 Å². The average molecular weight is 300 g/mol. The van der Waals surface area contributed by atoms with Crippen LogP contribution >= 0.6 is 0 Å². The zero-order chi connectivity index (χ0) is 15.5. The standard InChI is InChI=1S/C15H12F4O2/c16-12-5-6-14(11(7-12)8-20)21-9-10-3-1-2-4-13(10)15(17,18)19/h1-7,20H,8-9H2. The molecule has 2 nitrogen and oxygen atoms in total. The molecule has 0 aliphatic heterocycles. The molecule has 0 amide bonds. The van der Waals surface area contributed by atoms with Gasteiger partial charge in [0.25, 0.3) is 0 Å². The van der Waals surface area contributed by atoms with Gasteiger partial charge in [0.05, 0.1) is 12.2 Å². The van der Waals surface area contributed by atoms with Gasteiger partial charge in [-0.15, -0.1) is 0 Å². The number of aliphatic hydroxyl groups excluding tert-OH is 1. The molecule has 6 heteroatoms. The molecular weight excluding hydrogens is 288 g/mol. The largest absolute Gasteiger partial charge is 0.489 e. The van der Waals surface area contributed by atoms with Crippen molar-refractivity contribution < 1.29 is 27.4 Å². The Morgan fingerprint density at radius 3 is 2.38 bits per heavy atom. The first kappa shape index (κ1) is 15.3. The van der Waals surface area contributed by atoms with Gasteiger partial charge in [-0.1, -0.05) is 18.2 Å². The highest BCUT2D eigenvalue weighted by molar-refractivity contribution is 5.35. The van der Waals surface area contributed by atoms with Crippen LogP contribution in [0.4, 0.5) is 17.6 Å². The topological polar surface area (TPSA) is 29.5 Å². The van der Waals surface area contributed by atoms with Crippen LogP contribution in [0.15, 0.2) is 42.5 Å². The van der Waals surface area contributed by atoms with E-state index in [-0.39, 0.29) is 23.5 Å². The van der Waals surface area contributed by atoms with E-state index in [1.807, 2.05) is 0 Å². The highest BCUT2D eigenvalue weighted by Gasteiger charge is 2.33. The summed E-state index contributed by atoms with van der Waals surface area (Å²) in [6.07, 6.45) is -4.47. The monoisotopic (exact) mass is 300 g/mol. The Morgan fingerprint density at radius 1 is 1.00 bits per heavy atom. The molecule has 1 N–H and O–H groups in total. The molecule has 2 aromatic carbocycles. The summed E-state index contributed by atoms with van der Waals surface area (Å²) in [5.41, 5.74) is -0.629.